The van der Waals surface area contributed by atoms with Crippen LogP contribution in [0.2, 0.25) is 0 Å². The van der Waals surface area contributed by atoms with Gasteiger partial charge in [0.05, 0.1) is 12.2 Å². The van der Waals surface area contributed by atoms with Crippen LogP contribution < -0.4 is 0 Å². The first kappa shape index (κ1) is 42.6. The van der Waals surface area contributed by atoms with Crippen LogP contribution in [-0.2, 0) is 4.74 Å². The highest BCUT2D eigenvalue weighted by Crippen LogP contribution is 2.51. The lowest BCUT2D eigenvalue weighted by Gasteiger charge is -2.43. The second-order valence-electron chi connectivity index (χ2n) is 18.5. The van der Waals surface area contributed by atoms with Crippen molar-refractivity contribution in [2.45, 2.75) is 180 Å². The number of unbranched alkanes of at least 4 members (excludes halogenated alkanes) is 4. The van der Waals surface area contributed by atoms with E-state index in [-0.39, 0.29) is 23.0 Å². The maximum absolute atomic E-state index is 14.9. The summed E-state index contributed by atoms with van der Waals surface area (Å²) in [6.45, 7) is 4.50. The summed E-state index contributed by atoms with van der Waals surface area (Å²) < 4.78 is 95.1. The minimum Gasteiger partial charge on any atom is -0.365 e. The molecule has 0 heterocycles. The van der Waals surface area contributed by atoms with Crippen molar-refractivity contribution in [3.8, 4) is 0 Å². The van der Waals surface area contributed by atoms with Gasteiger partial charge in [-0.2, -0.15) is 0 Å². The molecule has 0 spiro atoms. The van der Waals surface area contributed by atoms with E-state index >= 15 is 0 Å². The average molecular weight is 775 g/mol. The smallest absolute Gasteiger partial charge is 0.194 e. The fourth-order valence-electron chi connectivity index (χ4n) is 11.7. The van der Waals surface area contributed by atoms with Gasteiger partial charge in [-0.15, -0.1) is 0 Å². The second-order valence-corrected chi connectivity index (χ2v) is 18.5. The average Bonchev–Trinajstić information content (AvgIpc) is 3.20. The number of hydrogen-bond acceptors (Lipinski definition) is 1. The molecule has 0 N–H and O–H groups in total. The van der Waals surface area contributed by atoms with Gasteiger partial charge in [0.2, 0.25) is 0 Å². The van der Waals surface area contributed by atoms with Gasteiger partial charge in [-0.25, -0.2) is 26.3 Å². The molecule has 0 aliphatic heterocycles. The first-order chi connectivity index (χ1) is 26.6. The molecule has 1 nitrogen and oxygen atoms in total. The van der Waals surface area contributed by atoms with E-state index in [1.54, 1.807) is 0 Å². The van der Waals surface area contributed by atoms with E-state index in [4.69, 9.17) is 4.74 Å². The standard InChI is InChI=1S/C48H68F6O/c1-3-5-7-9-31-11-15-33(16-12-31)35-19-23-37(24-20-35)47(39-27-41(49)45(53)42(50)28-39)55-48(40-29-43(51)46(54)44(52)30-40)38-25-21-36(22-26-38)34-17-13-32(14-18-34)10-8-6-4-2/h27-38,47-48H,3-26H2,1-2H3. The van der Waals surface area contributed by atoms with E-state index in [1.807, 2.05) is 0 Å². The van der Waals surface area contributed by atoms with Gasteiger partial charge >= 0.3 is 0 Å². The van der Waals surface area contributed by atoms with Gasteiger partial charge in [0.15, 0.2) is 34.9 Å². The predicted molar refractivity (Wildman–Crippen MR) is 209 cm³/mol. The summed E-state index contributed by atoms with van der Waals surface area (Å²) in [5.74, 6) is -4.12. The molecule has 4 saturated carbocycles. The van der Waals surface area contributed by atoms with E-state index in [0.29, 0.717) is 23.7 Å². The number of halogens is 6. The minimum atomic E-state index is -1.52. The van der Waals surface area contributed by atoms with E-state index in [9.17, 15) is 26.3 Å². The summed E-state index contributed by atoms with van der Waals surface area (Å²) in [5, 5.41) is 0. The highest BCUT2D eigenvalue weighted by molar-refractivity contribution is 5.25. The molecular formula is C48H68F6O. The lowest BCUT2D eigenvalue weighted by Crippen LogP contribution is -2.32. The Kier molecular flexibility index (Phi) is 15.9. The molecule has 4 aliphatic carbocycles. The lowest BCUT2D eigenvalue weighted by molar-refractivity contribution is -0.0939. The van der Waals surface area contributed by atoms with Crippen molar-refractivity contribution in [3.63, 3.8) is 0 Å². The van der Waals surface area contributed by atoms with Crippen molar-refractivity contribution < 1.29 is 31.1 Å². The summed E-state index contributed by atoms with van der Waals surface area (Å²) >= 11 is 0. The fourth-order valence-corrected chi connectivity index (χ4v) is 11.7. The topological polar surface area (TPSA) is 9.23 Å². The zero-order valence-electron chi connectivity index (χ0n) is 33.7. The number of ether oxygens (including phenoxy) is 1. The molecule has 4 fully saturated rings. The lowest BCUT2D eigenvalue weighted by atomic mass is 9.67. The molecule has 55 heavy (non-hydrogen) atoms. The molecule has 7 heteroatoms. The molecule has 0 amide bonds. The van der Waals surface area contributed by atoms with Crippen LogP contribution in [0, 0.1) is 82.2 Å². The summed E-state index contributed by atoms with van der Waals surface area (Å²) in [4.78, 5) is 0. The minimum absolute atomic E-state index is 0.104. The van der Waals surface area contributed by atoms with Crippen molar-refractivity contribution in [2.24, 2.45) is 47.3 Å². The maximum Gasteiger partial charge on any atom is 0.194 e. The maximum atomic E-state index is 14.9. The summed E-state index contributed by atoms with van der Waals surface area (Å²) in [7, 11) is 0. The molecule has 2 aromatic rings. The monoisotopic (exact) mass is 775 g/mol. The second kappa shape index (κ2) is 20.6. The van der Waals surface area contributed by atoms with Crippen LogP contribution in [-0.4, -0.2) is 0 Å². The third-order valence-corrected chi connectivity index (χ3v) is 15.0. The van der Waals surface area contributed by atoms with Crippen LogP contribution in [0.4, 0.5) is 26.3 Å². The highest BCUT2D eigenvalue weighted by atomic mass is 19.2. The first-order valence-corrected chi connectivity index (χ1v) is 22.6. The van der Waals surface area contributed by atoms with Crippen LogP contribution in [0.1, 0.15) is 191 Å². The van der Waals surface area contributed by atoms with Crippen molar-refractivity contribution in [1.29, 1.82) is 0 Å². The zero-order chi connectivity index (χ0) is 38.9. The van der Waals surface area contributed by atoms with Crippen LogP contribution in [0.15, 0.2) is 24.3 Å². The van der Waals surface area contributed by atoms with Crippen molar-refractivity contribution in [1.82, 2.24) is 0 Å². The van der Waals surface area contributed by atoms with E-state index in [2.05, 4.69) is 13.8 Å². The molecule has 0 saturated heterocycles. The van der Waals surface area contributed by atoms with E-state index in [0.717, 1.165) is 87.5 Å². The summed E-state index contributed by atoms with van der Waals surface area (Å²) in [6.07, 6.45) is 26.1. The highest BCUT2D eigenvalue weighted by Gasteiger charge is 2.40. The predicted octanol–water partition coefficient (Wildman–Crippen LogP) is 15.7. The van der Waals surface area contributed by atoms with Crippen molar-refractivity contribution in [3.05, 3.63) is 70.3 Å². The largest absolute Gasteiger partial charge is 0.365 e. The zero-order valence-corrected chi connectivity index (χ0v) is 33.7. The van der Waals surface area contributed by atoms with Crippen LogP contribution in [0.5, 0.6) is 0 Å². The summed E-state index contributed by atoms with van der Waals surface area (Å²) in [6, 6.07) is 4.14. The quantitative estimate of drug-likeness (QED) is 0.0938. The fraction of sp³-hybridized carbons (Fsp3) is 0.750. The van der Waals surface area contributed by atoms with E-state index < -0.39 is 47.1 Å². The Bertz CT molecular complexity index is 1310. The SMILES string of the molecule is CCCCCC1CCC(C2CCC(C(OC(c3cc(F)c(F)c(F)c3)C3CCC(C4CCC(CCCCC)CC4)CC3)c3cc(F)c(F)c(F)c3)CC2)CC1. The van der Waals surface area contributed by atoms with Gasteiger partial charge in [0.1, 0.15) is 0 Å². The normalized spacial score (nSPS) is 30.3. The first-order valence-electron chi connectivity index (χ1n) is 22.6. The number of rotatable bonds is 16. The Labute approximate surface area is 328 Å². The van der Waals surface area contributed by atoms with Gasteiger partial charge < -0.3 is 4.74 Å². The molecule has 308 valence electrons. The number of hydrogen-bond donors (Lipinski definition) is 0. The molecular weight excluding hydrogens is 707 g/mol. The number of benzene rings is 2. The van der Waals surface area contributed by atoms with Crippen LogP contribution in [0.3, 0.4) is 0 Å². The van der Waals surface area contributed by atoms with E-state index in [1.165, 1.54) is 103 Å². The summed E-state index contributed by atoms with van der Waals surface area (Å²) in [5.41, 5.74) is 0.426. The molecule has 2 atom stereocenters. The molecule has 4 aliphatic rings. The van der Waals surface area contributed by atoms with Crippen LogP contribution >= 0.6 is 0 Å². The Morgan fingerprint density at radius 2 is 0.727 bits per heavy atom. The van der Waals surface area contributed by atoms with Gasteiger partial charge in [0.25, 0.3) is 0 Å². The Morgan fingerprint density at radius 1 is 0.436 bits per heavy atom. The molecule has 0 radical (unpaired) electrons. The van der Waals surface area contributed by atoms with Gasteiger partial charge in [-0.1, -0.05) is 90.9 Å². The van der Waals surface area contributed by atoms with Crippen molar-refractivity contribution in [2.75, 3.05) is 0 Å². The van der Waals surface area contributed by atoms with Crippen LogP contribution in [0.25, 0.3) is 0 Å². The van der Waals surface area contributed by atoms with Gasteiger partial charge in [-0.3, -0.25) is 0 Å². The molecule has 6 rings (SSSR count). The third-order valence-electron chi connectivity index (χ3n) is 15.0. The van der Waals surface area contributed by atoms with Crippen molar-refractivity contribution >= 4 is 0 Å². The van der Waals surface area contributed by atoms with Gasteiger partial charge in [0, 0.05) is 0 Å². The Morgan fingerprint density at radius 3 is 1.02 bits per heavy atom. The Balaban J connectivity index is 1.17. The third kappa shape index (κ3) is 11.1. The molecule has 0 bridgehead atoms. The molecule has 0 aromatic heterocycles. The Hall–Kier alpha value is -2.02. The van der Waals surface area contributed by atoms with Gasteiger partial charge in [-0.05, 0) is 160 Å². The molecule has 2 unspecified atom stereocenters. The molecule has 2 aromatic carbocycles.